The molecule has 0 aromatic rings. The molecule has 0 bridgehead atoms. The van der Waals surface area contributed by atoms with Crippen molar-refractivity contribution in [1.29, 1.82) is 0 Å². The monoisotopic (exact) mass is 282 g/mol. The molecular formula is C16H30N2O2. The average Bonchev–Trinajstić information content (AvgIpc) is 2.40. The zero-order chi connectivity index (χ0) is 14.6. The first-order valence-electron chi connectivity index (χ1n) is 8.06. The highest BCUT2D eigenvalue weighted by atomic mass is 16.3. The normalized spacial score (nSPS) is 25.6. The molecule has 20 heavy (non-hydrogen) atoms. The summed E-state index contributed by atoms with van der Waals surface area (Å²) in [6.07, 6.45) is 7.07. The van der Waals surface area contributed by atoms with Gasteiger partial charge in [0, 0.05) is 44.7 Å². The second-order valence-corrected chi connectivity index (χ2v) is 7.41. The average molecular weight is 282 g/mol. The second kappa shape index (κ2) is 6.54. The summed E-state index contributed by atoms with van der Waals surface area (Å²) in [4.78, 5) is 16.3. The van der Waals surface area contributed by atoms with Crippen LogP contribution in [-0.4, -0.2) is 66.1 Å². The Morgan fingerprint density at radius 3 is 2.10 bits per heavy atom. The zero-order valence-electron chi connectivity index (χ0n) is 13.1. The Morgan fingerprint density at radius 1 is 1.05 bits per heavy atom. The number of hydrogen-bond donors (Lipinski definition) is 1. The molecule has 4 heteroatoms. The van der Waals surface area contributed by atoms with Crippen LogP contribution in [0, 0.1) is 5.41 Å². The van der Waals surface area contributed by atoms with E-state index < -0.39 is 5.60 Å². The number of aliphatic hydroxyl groups is 1. The fraction of sp³-hybridized carbons (Fsp3) is 0.938. The number of hydrogen-bond acceptors (Lipinski definition) is 4. The lowest BCUT2D eigenvalue weighted by molar-refractivity contribution is -0.119. The van der Waals surface area contributed by atoms with Crippen LogP contribution in [0.1, 0.15) is 46.0 Å². The van der Waals surface area contributed by atoms with Gasteiger partial charge in [-0.15, -0.1) is 0 Å². The van der Waals surface area contributed by atoms with Gasteiger partial charge in [-0.1, -0.05) is 19.3 Å². The number of carbonyl (C=O) groups is 1. The third-order valence-electron chi connectivity index (χ3n) is 4.71. The van der Waals surface area contributed by atoms with Gasteiger partial charge >= 0.3 is 0 Å². The maximum Gasteiger partial charge on any atom is 0.127 e. The summed E-state index contributed by atoms with van der Waals surface area (Å²) < 4.78 is 0. The third kappa shape index (κ3) is 4.54. The maximum absolute atomic E-state index is 11.5. The van der Waals surface area contributed by atoms with E-state index in [1.807, 2.05) is 13.8 Å². The summed E-state index contributed by atoms with van der Waals surface area (Å²) in [6, 6.07) is 0. The van der Waals surface area contributed by atoms with E-state index in [0.717, 1.165) is 52.1 Å². The summed E-state index contributed by atoms with van der Waals surface area (Å²) >= 11 is 0. The van der Waals surface area contributed by atoms with Gasteiger partial charge < -0.3 is 9.90 Å². The molecule has 0 unspecified atom stereocenters. The van der Waals surface area contributed by atoms with E-state index in [1.165, 1.54) is 25.5 Å². The molecule has 0 amide bonds. The van der Waals surface area contributed by atoms with Gasteiger partial charge in [0.25, 0.3) is 0 Å². The van der Waals surface area contributed by atoms with Gasteiger partial charge in [-0.3, -0.25) is 9.80 Å². The number of carbonyl (C=O) groups excluding carboxylic acids is 1. The van der Waals surface area contributed by atoms with Gasteiger partial charge in [0.05, 0.1) is 5.60 Å². The van der Waals surface area contributed by atoms with Crippen LogP contribution in [0.3, 0.4) is 0 Å². The Kier molecular flexibility index (Phi) is 5.21. The van der Waals surface area contributed by atoms with Crippen molar-refractivity contribution >= 4 is 6.29 Å². The number of rotatable bonds is 5. The Labute approximate surface area is 123 Å². The second-order valence-electron chi connectivity index (χ2n) is 7.41. The SMILES string of the molecule is CC(C)(O)CN1CCN(CC2(C=O)CCCCC2)CC1. The van der Waals surface area contributed by atoms with Crippen molar-refractivity contribution in [2.24, 2.45) is 5.41 Å². The minimum Gasteiger partial charge on any atom is -0.389 e. The van der Waals surface area contributed by atoms with Gasteiger partial charge in [0.15, 0.2) is 0 Å². The molecule has 1 saturated heterocycles. The molecule has 2 rings (SSSR count). The predicted octanol–water partition coefficient (Wildman–Crippen LogP) is 1.52. The lowest BCUT2D eigenvalue weighted by Gasteiger charge is -2.42. The smallest absolute Gasteiger partial charge is 0.127 e. The Balaban J connectivity index is 1.80. The van der Waals surface area contributed by atoms with Crippen molar-refractivity contribution in [2.75, 3.05) is 39.3 Å². The summed E-state index contributed by atoms with van der Waals surface area (Å²) in [5.74, 6) is 0. The van der Waals surface area contributed by atoms with Gasteiger partial charge in [0.1, 0.15) is 6.29 Å². The first kappa shape index (κ1) is 15.9. The lowest BCUT2D eigenvalue weighted by atomic mass is 9.75. The molecule has 1 N–H and O–H groups in total. The molecule has 0 spiro atoms. The van der Waals surface area contributed by atoms with E-state index in [4.69, 9.17) is 0 Å². The van der Waals surface area contributed by atoms with Crippen LogP contribution in [0.4, 0.5) is 0 Å². The molecular weight excluding hydrogens is 252 g/mol. The minimum absolute atomic E-state index is 0.0727. The van der Waals surface area contributed by atoms with E-state index in [1.54, 1.807) is 0 Å². The number of piperazine rings is 1. The largest absolute Gasteiger partial charge is 0.389 e. The van der Waals surface area contributed by atoms with Gasteiger partial charge in [-0.25, -0.2) is 0 Å². The molecule has 116 valence electrons. The van der Waals surface area contributed by atoms with Crippen molar-refractivity contribution in [3.63, 3.8) is 0 Å². The summed E-state index contributed by atoms with van der Waals surface area (Å²) in [7, 11) is 0. The summed E-state index contributed by atoms with van der Waals surface area (Å²) in [5.41, 5.74) is -0.688. The standard InChI is InChI=1S/C16H30N2O2/c1-15(2,20)12-17-8-10-18(11-9-17)13-16(14-19)6-4-3-5-7-16/h14,20H,3-13H2,1-2H3. The van der Waals surface area contributed by atoms with E-state index in [0.29, 0.717) is 0 Å². The van der Waals surface area contributed by atoms with Crippen LogP contribution in [0.2, 0.25) is 0 Å². The Bertz CT molecular complexity index is 311. The molecule has 1 aliphatic heterocycles. The Hall–Kier alpha value is -0.450. The molecule has 1 aliphatic carbocycles. The molecule has 2 fully saturated rings. The Morgan fingerprint density at radius 2 is 1.60 bits per heavy atom. The molecule has 0 aromatic heterocycles. The summed E-state index contributed by atoms with van der Waals surface area (Å²) in [5, 5.41) is 9.87. The molecule has 0 aromatic carbocycles. The first-order valence-corrected chi connectivity index (χ1v) is 8.06. The van der Waals surface area contributed by atoms with Gasteiger partial charge in [-0.05, 0) is 26.7 Å². The highest BCUT2D eigenvalue weighted by Crippen LogP contribution is 2.35. The van der Waals surface area contributed by atoms with Crippen molar-refractivity contribution in [2.45, 2.75) is 51.6 Å². The maximum atomic E-state index is 11.5. The number of aldehydes is 1. The minimum atomic E-state index is -0.616. The van der Waals surface area contributed by atoms with Crippen molar-refractivity contribution in [3.8, 4) is 0 Å². The van der Waals surface area contributed by atoms with Crippen molar-refractivity contribution in [3.05, 3.63) is 0 Å². The zero-order valence-corrected chi connectivity index (χ0v) is 13.1. The van der Waals surface area contributed by atoms with Gasteiger partial charge in [-0.2, -0.15) is 0 Å². The van der Waals surface area contributed by atoms with E-state index in [9.17, 15) is 9.90 Å². The van der Waals surface area contributed by atoms with E-state index >= 15 is 0 Å². The molecule has 0 radical (unpaired) electrons. The van der Waals surface area contributed by atoms with E-state index in [-0.39, 0.29) is 5.41 Å². The molecule has 4 nitrogen and oxygen atoms in total. The quantitative estimate of drug-likeness (QED) is 0.777. The van der Waals surface area contributed by atoms with Crippen LogP contribution in [0.5, 0.6) is 0 Å². The highest BCUT2D eigenvalue weighted by molar-refractivity contribution is 5.60. The fourth-order valence-corrected chi connectivity index (χ4v) is 3.67. The van der Waals surface area contributed by atoms with E-state index in [2.05, 4.69) is 9.80 Å². The van der Waals surface area contributed by atoms with Crippen LogP contribution < -0.4 is 0 Å². The summed E-state index contributed by atoms with van der Waals surface area (Å²) in [6.45, 7) is 9.44. The van der Waals surface area contributed by atoms with Crippen LogP contribution >= 0.6 is 0 Å². The first-order chi connectivity index (χ1) is 9.42. The van der Waals surface area contributed by atoms with Crippen molar-refractivity contribution < 1.29 is 9.90 Å². The van der Waals surface area contributed by atoms with Crippen molar-refractivity contribution in [1.82, 2.24) is 9.80 Å². The van der Waals surface area contributed by atoms with Crippen LogP contribution in [0.25, 0.3) is 0 Å². The highest BCUT2D eigenvalue weighted by Gasteiger charge is 2.34. The van der Waals surface area contributed by atoms with Gasteiger partial charge in [0.2, 0.25) is 0 Å². The molecule has 1 saturated carbocycles. The number of β-amino-alcohol motifs (C(OH)–C–C–N with tert-alkyl or cyclic N) is 1. The topological polar surface area (TPSA) is 43.8 Å². The third-order valence-corrected chi connectivity index (χ3v) is 4.71. The number of nitrogens with zero attached hydrogens (tertiary/aromatic N) is 2. The lowest BCUT2D eigenvalue weighted by Crippen LogP contribution is -2.53. The molecule has 0 atom stereocenters. The van der Waals surface area contributed by atoms with Crippen LogP contribution in [0.15, 0.2) is 0 Å². The van der Waals surface area contributed by atoms with Crippen LogP contribution in [-0.2, 0) is 4.79 Å². The molecule has 2 aliphatic rings. The molecule has 1 heterocycles. The fourth-order valence-electron chi connectivity index (χ4n) is 3.67. The predicted molar refractivity (Wildman–Crippen MR) is 80.8 cm³/mol.